The Morgan fingerprint density at radius 2 is 1.96 bits per heavy atom. The molecular weight excluding hydrogens is 294 g/mol. The molecule has 2 aromatic rings. The summed E-state index contributed by atoms with van der Waals surface area (Å²) in [5, 5.41) is 14.2. The summed E-state index contributed by atoms with van der Waals surface area (Å²) >= 11 is 0. The van der Waals surface area contributed by atoms with Crippen LogP contribution in [-0.4, -0.2) is 38.9 Å². The van der Waals surface area contributed by atoms with Crippen molar-refractivity contribution in [3.05, 3.63) is 58.5 Å². The van der Waals surface area contributed by atoms with Gasteiger partial charge in [0.1, 0.15) is 0 Å². The van der Waals surface area contributed by atoms with Crippen LogP contribution in [0.1, 0.15) is 18.5 Å². The lowest BCUT2D eigenvalue weighted by molar-refractivity contribution is -0.384. The van der Waals surface area contributed by atoms with Gasteiger partial charge in [-0.15, -0.1) is 0 Å². The number of nitrogens with one attached hydrogen (secondary N) is 1. The number of aromatic nitrogens is 2. The van der Waals surface area contributed by atoms with Gasteiger partial charge < -0.3 is 5.32 Å². The van der Waals surface area contributed by atoms with E-state index in [9.17, 15) is 10.1 Å². The number of piperidine rings is 1. The van der Waals surface area contributed by atoms with Crippen molar-refractivity contribution >= 4 is 11.5 Å². The van der Waals surface area contributed by atoms with Gasteiger partial charge in [-0.25, -0.2) is 4.98 Å². The molecule has 0 amide bonds. The maximum absolute atomic E-state index is 11.0. The van der Waals surface area contributed by atoms with E-state index in [4.69, 9.17) is 0 Å². The zero-order valence-corrected chi connectivity index (χ0v) is 12.8. The SMILES string of the molecule is O=[N+]([O-])c1cccnc1NC1CCN(Cc2ccccn2)CC1. The Labute approximate surface area is 134 Å². The van der Waals surface area contributed by atoms with Gasteiger partial charge in [0, 0.05) is 44.1 Å². The van der Waals surface area contributed by atoms with Crippen LogP contribution in [0, 0.1) is 10.1 Å². The lowest BCUT2D eigenvalue weighted by atomic mass is 10.0. The van der Waals surface area contributed by atoms with E-state index in [2.05, 4.69) is 20.2 Å². The molecule has 0 radical (unpaired) electrons. The molecule has 1 aliphatic rings. The molecule has 7 heteroatoms. The topological polar surface area (TPSA) is 84.2 Å². The fourth-order valence-corrected chi connectivity index (χ4v) is 2.80. The third-order valence-corrected chi connectivity index (χ3v) is 4.02. The lowest BCUT2D eigenvalue weighted by Crippen LogP contribution is -2.39. The molecule has 0 saturated carbocycles. The van der Waals surface area contributed by atoms with Crippen LogP contribution in [0.4, 0.5) is 11.5 Å². The van der Waals surface area contributed by atoms with Crippen molar-refractivity contribution in [3.8, 4) is 0 Å². The summed E-state index contributed by atoms with van der Waals surface area (Å²) in [7, 11) is 0. The number of hydrogen-bond acceptors (Lipinski definition) is 6. The number of pyridine rings is 2. The lowest BCUT2D eigenvalue weighted by Gasteiger charge is -2.32. The van der Waals surface area contributed by atoms with Crippen LogP contribution in [0.15, 0.2) is 42.7 Å². The summed E-state index contributed by atoms with van der Waals surface area (Å²) in [5.41, 5.74) is 1.10. The molecule has 1 fully saturated rings. The van der Waals surface area contributed by atoms with E-state index in [1.807, 2.05) is 24.4 Å². The quantitative estimate of drug-likeness (QED) is 0.674. The Morgan fingerprint density at radius 3 is 2.65 bits per heavy atom. The molecule has 0 spiro atoms. The zero-order chi connectivity index (χ0) is 16.1. The van der Waals surface area contributed by atoms with E-state index < -0.39 is 4.92 Å². The van der Waals surface area contributed by atoms with Gasteiger partial charge in [-0.05, 0) is 31.0 Å². The fraction of sp³-hybridized carbons (Fsp3) is 0.375. The van der Waals surface area contributed by atoms with Crippen LogP contribution in [-0.2, 0) is 6.54 Å². The number of nitrogens with zero attached hydrogens (tertiary/aromatic N) is 4. The average molecular weight is 313 g/mol. The van der Waals surface area contributed by atoms with Gasteiger partial charge in [0.2, 0.25) is 5.82 Å². The average Bonchev–Trinajstić information content (AvgIpc) is 2.58. The van der Waals surface area contributed by atoms with Crippen LogP contribution < -0.4 is 5.32 Å². The highest BCUT2D eigenvalue weighted by Crippen LogP contribution is 2.24. The molecule has 0 aromatic carbocycles. The van der Waals surface area contributed by atoms with Gasteiger partial charge in [0.05, 0.1) is 10.6 Å². The molecular formula is C16H19N5O2. The van der Waals surface area contributed by atoms with E-state index in [1.165, 1.54) is 6.07 Å². The molecule has 1 saturated heterocycles. The first-order valence-electron chi connectivity index (χ1n) is 7.70. The van der Waals surface area contributed by atoms with Crippen LogP contribution in [0.5, 0.6) is 0 Å². The third-order valence-electron chi connectivity index (χ3n) is 4.02. The molecule has 120 valence electrons. The monoisotopic (exact) mass is 313 g/mol. The summed E-state index contributed by atoms with van der Waals surface area (Å²) in [4.78, 5) is 21.4. The van der Waals surface area contributed by atoms with Gasteiger partial charge in [-0.2, -0.15) is 0 Å². The smallest absolute Gasteiger partial charge is 0.311 e. The van der Waals surface area contributed by atoms with Crippen LogP contribution in [0.25, 0.3) is 0 Å². The largest absolute Gasteiger partial charge is 0.362 e. The molecule has 1 aliphatic heterocycles. The maximum atomic E-state index is 11.0. The second-order valence-corrected chi connectivity index (χ2v) is 5.64. The standard InChI is InChI=1S/C16H19N5O2/c22-21(23)15-5-3-9-18-16(15)19-13-6-10-20(11-7-13)12-14-4-1-2-8-17-14/h1-5,8-9,13H,6-7,10-12H2,(H,18,19). The predicted molar refractivity (Wildman–Crippen MR) is 87.1 cm³/mol. The number of likely N-dealkylation sites (tertiary alicyclic amines) is 1. The molecule has 2 aromatic heterocycles. The molecule has 0 bridgehead atoms. The number of rotatable bonds is 5. The first kappa shape index (κ1) is 15.4. The number of hydrogen-bond donors (Lipinski definition) is 1. The van der Waals surface area contributed by atoms with Crippen molar-refractivity contribution in [3.63, 3.8) is 0 Å². The van der Waals surface area contributed by atoms with E-state index in [0.717, 1.165) is 38.2 Å². The molecule has 3 heterocycles. The Balaban J connectivity index is 1.54. The van der Waals surface area contributed by atoms with E-state index in [-0.39, 0.29) is 11.7 Å². The number of nitro groups is 1. The van der Waals surface area contributed by atoms with Crippen molar-refractivity contribution in [2.45, 2.75) is 25.4 Å². The second-order valence-electron chi connectivity index (χ2n) is 5.64. The Kier molecular flexibility index (Phi) is 4.77. The minimum absolute atomic E-state index is 0.0309. The predicted octanol–water partition coefficient (Wildman–Crippen LogP) is 2.46. The Bertz CT molecular complexity index is 657. The Hall–Kier alpha value is -2.54. The van der Waals surface area contributed by atoms with Gasteiger partial charge >= 0.3 is 5.69 Å². The van der Waals surface area contributed by atoms with Crippen LogP contribution in [0.3, 0.4) is 0 Å². The van der Waals surface area contributed by atoms with Crippen LogP contribution >= 0.6 is 0 Å². The van der Waals surface area contributed by atoms with Crippen molar-refractivity contribution in [1.82, 2.24) is 14.9 Å². The van der Waals surface area contributed by atoms with Crippen molar-refractivity contribution in [2.24, 2.45) is 0 Å². The summed E-state index contributed by atoms with van der Waals surface area (Å²) in [6, 6.07) is 9.21. The minimum Gasteiger partial charge on any atom is -0.362 e. The van der Waals surface area contributed by atoms with Gasteiger partial charge in [0.25, 0.3) is 0 Å². The van der Waals surface area contributed by atoms with Crippen molar-refractivity contribution in [2.75, 3.05) is 18.4 Å². The molecule has 0 aliphatic carbocycles. The fourth-order valence-electron chi connectivity index (χ4n) is 2.80. The Morgan fingerprint density at radius 1 is 1.17 bits per heavy atom. The summed E-state index contributed by atoms with van der Waals surface area (Å²) in [5.74, 6) is 0.362. The summed E-state index contributed by atoms with van der Waals surface area (Å²) in [6.45, 7) is 2.72. The first-order chi connectivity index (χ1) is 11.2. The third kappa shape index (κ3) is 4.01. The second kappa shape index (κ2) is 7.15. The molecule has 1 N–H and O–H groups in total. The minimum atomic E-state index is -0.397. The van der Waals surface area contributed by atoms with E-state index >= 15 is 0 Å². The first-order valence-corrected chi connectivity index (χ1v) is 7.70. The molecule has 23 heavy (non-hydrogen) atoms. The number of anilines is 1. The highest BCUT2D eigenvalue weighted by molar-refractivity contribution is 5.55. The molecule has 3 rings (SSSR count). The zero-order valence-electron chi connectivity index (χ0n) is 12.8. The molecule has 0 atom stereocenters. The molecule has 0 unspecified atom stereocenters. The van der Waals surface area contributed by atoms with Crippen molar-refractivity contribution in [1.29, 1.82) is 0 Å². The van der Waals surface area contributed by atoms with Gasteiger partial charge in [-0.1, -0.05) is 6.07 Å². The highest BCUT2D eigenvalue weighted by Gasteiger charge is 2.22. The normalized spacial score (nSPS) is 16.2. The maximum Gasteiger partial charge on any atom is 0.311 e. The highest BCUT2D eigenvalue weighted by atomic mass is 16.6. The molecule has 7 nitrogen and oxygen atoms in total. The van der Waals surface area contributed by atoms with Gasteiger partial charge in [0.15, 0.2) is 0 Å². The summed E-state index contributed by atoms with van der Waals surface area (Å²) < 4.78 is 0. The van der Waals surface area contributed by atoms with E-state index in [0.29, 0.717) is 5.82 Å². The van der Waals surface area contributed by atoms with Gasteiger partial charge in [-0.3, -0.25) is 20.0 Å². The van der Waals surface area contributed by atoms with Crippen LogP contribution in [0.2, 0.25) is 0 Å². The van der Waals surface area contributed by atoms with E-state index in [1.54, 1.807) is 12.3 Å². The summed E-state index contributed by atoms with van der Waals surface area (Å²) in [6.07, 6.45) is 5.25. The van der Waals surface area contributed by atoms with Crippen molar-refractivity contribution < 1.29 is 4.92 Å².